The van der Waals surface area contributed by atoms with Gasteiger partial charge in [0.25, 0.3) is 5.91 Å². The fourth-order valence-corrected chi connectivity index (χ4v) is 5.70. The third-order valence-electron chi connectivity index (χ3n) is 4.86. The summed E-state index contributed by atoms with van der Waals surface area (Å²) >= 11 is 8.64. The van der Waals surface area contributed by atoms with Crippen LogP contribution in [0.3, 0.4) is 0 Å². The monoisotopic (exact) mass is 484 g/mol. The second kappa shape index (κ2) is 8.51. The maximum atomic E-state index is 12.7. The van der Waals surface area contributed by atoms with E-state index in [2.05, 4.69) is 25.9 Å². The Morgan fingerprint density at radius 3 is 2.84 bits per heavy atom. The second-order valence-corrected chi connectivity index (χ2v) is 9.28. The molecule has 1 saturated heterocycles. The zero-order valence-electron chi connectivity index (χ0n) is 16.4. The van der Waals surface area contributed by atoms with Crippen molar-refractivity contribution in [2.45, 2.75) is 30.0 Å². The molecular weight excluding hydrogens is 468 g/mol. The van der Waals surface area contributed by atoms with Crippen LogP contribution in [0.15, 0.2) is 22.6 Å². The van der Waals surface area contributed by atoms with Crippen molar-refractivity contribution in [3.05, 3.63) is 28.2 Å². The highest BCUT2D eigenvalue weighted by Crippen LogP contribution is 2.41. The van der Waals surface area contributed by atoms with E-state index in [9.17, 15) is 19.5 Å². The van der Waals surface area contributed by atoms with Gasteiger partial charge in [-0.2, -0.15) is 5.10 Å². The normalized spacial score (nSPS) is 20.5. The number of aliphatic carboxylic acids is 1. The summed E-state index contributed by atoms with van der Waals surface area (Å²) < 4.78 is 2.92. The molecule has 2 aromatic rings. The van der Waals surface area contributed by atoms with Crippen LogP contribution >= 0.6 is 35.1 Å². The quantitative estimate of drug-likeness (QED) is 0.403. The lowest BCUT2D eigenvalue weighted by Crippen LogP contribution is -2.70. The van der Waals surface area contributed by atoms with Gasteiger partial charge in [-0.3, -0.25) is 19.2 Å². The van der Waals surface area contributed by atoms with Crippen LogP contribution in [0.1, 0.15) is 5.69 Å². The van der Waals surface area contributed by atoms with E-state index in [-0.39, 0.29) is 12.2 Å². The number of β-lactam (4-membered cyclic amide) rings is 1. The lowest BCUT2D eigenvalue weighted by atomic mass is 10.0. The Balaban J connectivity index is 1.44. The lowest BCUT2D eigenvalue weighted by Gasteiger charge is -2.49. The van der Waals surface area contributed by atoms with Crippen LogP contribution < -0.4 is 5.32 Å². The predicted molar refractivity (Wildman–Crippen MR) is 111 cm³/mol. The molecule has 15 heteroatoms. The van der Waals surface area contributed by atoms with Gasteiger partial charge in [-0.15, -0.1) is 16.9 Å². The first-order valence-electron chi connectivity index (χ1n) is 9.00. The number of carboxylic acid groups (broad SMARTS) is 1. The SMILES string of the molecule is Cc1c(Cl)cnn1CC(=O)N[C@H]1C(=O)N2C(C(=O)O)=C(CSc3nnnn3C)CS[C@H]12. The number of nitrogens with one attached hydrogen (secondary N) is 1. The number of fused-ring (bicyclic) bond motifs is 1. The number of carbonyl (C=O) groups excluding carboxylic acids is 2. The molecular formula is C16H17ClN8O4S2. The Bertz CT molecular complexity index is 1100. The van der Waals surface area contributed by atoms with Gasteiger partial charge < -0.3 is 10.4 Å². The van der Waals surface area contributed by atoms with Crippen LogP contribution in [0.2, 0.25) is 5.02 Å². The van der Waals surface area contributed by atoms with Crippen molar-refractivity contribution in [1.82, 2.24) is 40.2 Å². The van der Waals surface area contributed by atoms with Crippen molar-refractivity contribution >= 4 is 52.9 Å². The van der Waals surface area contributed by atoms with Gasteiger partial charge in [0.15, 0.2) is 0 Å². The summed E-state index contributed by atoms with van der Waals surface area (Å²) in [5, 5.41) is 28.1. The number of amides is 2. The number of thioether (sulfide) groups is 2. The number of aromatic nitrogens is 6. The number of halogens is 1. The Hall–Kier alpha value is -2.58. The van der Waals surface area contributed by atoms with E-state index < -0.39 is 29.2 Å². The van der Waals surface area contributed by atoms with Gasteiger partial charge in [-0.25, -0.2) is 9.48 Å². The average molecular weight is 485 g/mol. The molecule has 0 aromatic carbocycles. The zero-order chi connectivity index (χ0) is 22.3. The van der Waals surface area contributed by atoms with Crippen molar-refractivity contribution in [2.75, 3.05) is 11.5 Å². The molecule has 31 heavy (non-hydrogen) atoms. The van der Waals surface area contributed by atoms with Crippen molar-refractivity contribution < 1.29 is 19.5 Å². The number of nitrogens with zero attached hydrogens (tertiary/aromatic N) is 7. The molecule has 0 saturated carbocycles. The third-order valence-corrected chi connectivity index (χ3v) is 7.67. The average Bonchev–Trinajstić information content (AvgIpc) is 3.29. The number of aryl methyl sites for hydroxylation is 1. The summed E-state index contributed by atoms with van der Waals surface area (Å²) in [5.41, 5.74) is 1.19. The van der Waals surface area contributed by atoms with Gasteiger partial charge >= 0.3 is 5.97 Å². The fourth-order valence-electron chi connectivity index (χ4n) is 3.23. The van der Waals surface area contributed by atoms with Crippen LogP contribution in [-0.4, -0.2) is 80.7 Å². The molecule has 2 aromatic heterocycles. The lowest BCUT2D eigenvalue weighted by molar-refractivity contribution is -0.150. The van der Waals surface area contributed by atoms with E-state index in [0.717, 1.165) is 0 Å². The number of hydrogen-bond donors (Lipinski definition) is 2. The number of carbonyl (C=O) groups is 3. The first kappa shape index (κ1) is 21.6. The van der Waals surface area contributed by atoms with Crippen LogP contribution in [0.4, 0.5) is 0 Å². The van der Waals surface area contributed by atoms with Crippen molar-refractivity contribution in [3.63, 3.8) is 0 Å². The summed E-state index contributed by atoms with van der Waals surface area (Å²) in [4.78, 5) is 38.3. The highest BCUT2D eigenvalue weighted by atomic mass is 35.5. The molecule has 0 unspecified atom stereocenters. The van der Waals surface area contributed by atoms with Crippen LogP contribution in [-0.2, 0) is 28.0 Å². The zero-order valence-corrected chi connectivity index (χ0v) is 18.7. The van der Waals surface area contributed by atoms with Gasteiger partial charge in [-0.1, -0.05) is 23.4 Å². The minimum absolute atomic E-state index is 0.0448. The largest absolute Gasteiger partial charge is 0.477 e. The summed E-state index contributed by atoms with van der Waals surface area (Å²) in [6.07, 6.45) is 1.44. The Morgan fingerprint density at radius 1 is 1.45 bits per heavy atom. The number of rotatable bonds is 7. The standard InChI is InChI=1S/C16H17ClN8O4S2/c1-7-9(17)3-18-24(7)4-10(26)19-11-13(27)25-12(15(28)29)8(5-30-14(11)25)6-31-16-20-21-22-23(16)2/h3,11,14H,4-6H2,1-2H3,(H,19,26)(H,28,29)/t11-,14+/m0/s1. The molecule has 4 heterocycles. The highest BCUT2D eigenvalue weighted by molar-refractivity contribution is 8.01. The Morgan fingerprint density at radius 2 is 2.23 bits per heavy atom. The summed E-state index contributed by atoms with van der Waals surface area (Å²) in [7, 11) is 1.69. The van der Waals surface area contributed by atoms with E-state index in [0.29, 0.717) is 33.0 Å². The van der Waals surface area contributed by atoms with E-state index in [1.54, 1.807) is 14.0 Å². The molecule has 1 fully saturated rings. The van der Waals surface area contributed by atoms with Gasteiger partial charge in [0.2, 0.25) is 11.1 Å². The van der Waals surface area contributed by atoms with Crippen molar-refractivity contribution in [3.8, 4) is 0 Å². The molecule has 164 valence electrons. The molecule has 4 rings (SSSR count). The summed E-state index contributed by atoms with van der Waals surface area (Å²) in [5.74, 6) is -1.30. The fraction of sp³-hybridized carbons (Fsp3) is 0.438. The maximum Gasteiger partial charge on any atom is 0.352 e. The minimum atomic E-state index is -1.18. The van der Waals surface area contributed by atoms with Crippen molar-refractivity contribution in [1.29, 1.82) is 0 Å². The van der Waals surface area contributed by atoms with E-state index >= 15 is 0 Å². The van der Waals surface area contributed by atoms with Crippen LogP contribution in [0.5, 0.6) is 0 Å². The van der Waals surface area contributed by atoms with Crippen LogP contribution in [0.25, 0.3) is 0 Å². The van der Waals surface area contributed by atoms with Crippen molar-refractivity contribution in [2.24, 2.45) is 7.05 Å². The van der Waals surface area contributed by atoms with Crippen LogP contribution in [0, 0.1) is 6.92 Å². The molecule has 0 radical (unpaired) electrons. The topological polar surface area (TPSA) is 148 Å². The molecule has 0 spiro atoms. The predicted octanol–water partition coefficient (Wildman–Crippen LogP) is -0.101. The number of hydrogen-bond acceptors (Lipinski definition) is 9. The third kappa shape index (κ3) is 4.02. The maximum absolute atomic E-state index is 12.7. The van der Waals surface area contributed by atoms with Gasteiger partial charge in [-0.05, 0) is 22.9 Å². The molecule has 2 N–H and O–H groups in total. The highest BCUT2D eigenvalue weighted by Gasteiger charge is 2.54. The smallest absolute Gasteiger partial charge is 0.352 e. The summed E-state index contributed by atoms with van der Waals surface area (Å²) in [6.45, 7) is 1.64. The molecule has 12 nitrogen and oxygen atoms in total. The minimum Gasteiger partial charge on any atom is -0.477 e. The molecule has 2 amide bonds. The molecule has 0 bridgehead atoms. The van der Waals surface area contributed by atoms with E-state index in [1.165, 1.54) is 44.0 Å². The number of carboxylic acids is 1. The Kier molecular flexibility index (Phi) is 5.94. The van der Waals surface area contributed by atoms with Gasteiger partial charge in [0, 0.05) is 18.6 Å². The molecule has 0 aliphatic carbocycles. The van der Waals surface area contributed by atoms with Gasteiger partial charge in [0.05, 0.1) is 16.9 Å². The number of tetrazole rings is 1. The second-order valence-electron chi connectivity index (χ2n) is 6.82. The first-order valence-corrected chi connectivity index (χ1v) is 11.4. The first-order chi connectivity index (χ1) is 14.8. The van der Waals surface area contributed by atoms with Gasteiger partial charge in [0.1, 0.15) is 23.7 Å². The van der Waals surface area contributed by atoms with E-state index in [1.807, 2.05) is 0 Å². The molecule has 2 aliphatic rings. The molecule has 2 aliphatic heterocycles. The molecule has 2 atom stereocenters. The van der Waals surface area contributed by atoms with E-state index in [4.69, 9.17) is 11.6 Å². The Labute approximate surface area is 189 Å². The summed E-state index contributed by atoms with van der Waals surface area (Å²) in [6, 6.07) is -0.796.